The molecule has 0 heterocycles. The minimum absolute atomic E-state index is 0.390. The van der Waals surface area contributed by atoms with Gasteiger partial charge in [0.15, 0.2) is 0 Å². The van der Waals surface area contributed by atoms with Crippen LogP contribution in [0.5, 0.6) is 0 Å². The second-order valence-corrected chi connectivity index (χ2v) is 3.64. The van der Waals surface area contributed by atoms with Gasteiger partial charge in [-0.15, -0.1) is 0 Å². The maximum absolute atomic E-state index is 8.82. The third kappa shape index (κ3) is 1.25. The third-order valence-corrected chi connectivity index (χ3v) is 2.95. The topological polar surface area (TPSA) is 47.6 Å². The van der Waals surface area contributed by atoms with E-state index in [9.17, 15) is 0 Å². The maximum atomic E-state index is 8.82. The van der Waals surface area contributed by atoms with E-state index in [-0.39, 0.29) is 0 Å². The summed E-state index contributed by atoms with van der Waals surface area (Å²) in [6, 6.07) is 4.48. The third-order valence-electron chi connectivity index (χ3n) is 2.95. The second kappa shape index (κ2) is 3.07. The molecule has 0 fully saturated rings. The maximum Gasteiger partial charge on any atom is 0.0946 e. The predicted molar refractivity (Wildman–Crippen MR) is 48.2 cm³/mol. The fourth-order valence-corrected chi connectivity index (χ4v) is 2.19. The standard InChI is InChI=1S/C11H10N2/c12-6-10-3-1-8-5-9(10)2-4-11(8)7-13/h3-4,8-9H,1-2,5H2. The van der Waals surface area contributed by atoms with E-state index in [1.54, 1.807) is 0 Å². The molecule has 0 aliphatic heterocycles. The van der Waals surface area contributed by atoms with E-state index in [0.29, 0.717) is 11.8 Å². The fourth-order valence-electron chi connectivity index (χ4n) is 2.19. The van der Waals surface area contributed by atoms with Crippen LogP contribution in [-0.4, -0.2) is 0 Å². The molecule has 2 bridgehead atoms. The molecule has 2 aliphatic carbocycles. The van der Waals surface area contributed by atoms with Gasteiger partial charge in [0.05, 0.1) is 12.1 Å². The van der Waals surface area contributed by atoms with Crippen LogP contribution in [0.25, 0.3) is 0 Å². The van der Waals surface area contributed by atoms with E-state index in [0.717, 1.165) is 30.4 Å². The van der Waals surface area contributed by atoms with Gasteiger partial charge in [-0.1, -0.05) is 12.2 Å². The first-order valence-corrected chi connectivity index (χ1v) is 4.55. The van der Waals surface area contributed by atoms with E-state index >= 15 is 0 Å². The molecular formula is C11H10N2. The van der Waals surface area contributed by atoms with Crippen molar-refractivity contribution in [3.63, 3.8) is 0 Å². The van der Waals surface area contributed by atoms with Crippen molar-refractivity contribution >= 4 is 0 Å². The van der Waals surface area contributed by atoms with Gasteiger partial charge < -0.3 is 0 Å². The minimum Gasteiger partial charge on any atom is -0.193 e. The highest BCUT2D eigenvalue weighted by atomic mass is 14.4. The van der Waals surface area contributed by atoms with Crippen molar-refractivity contribution in [2.45, 2.75) is 19.3 Å². The average Bonchev–Trinajstić information content (AvgIpc) is 2.19. The number of rotatable bonds is 0. The van der Waals surface area contributed by atoms with E-state index in [2.05, 4.69) is 12.1 Å². The van der Waals surface area contributed by atoms with Crippen molar-refractivity contribution in [3.05, 3.63) is 23.3 Å². The molecule has 2 heteroatoms. The average molecular weight is 170 g/mol. The van der Waals surface area contributed by atoms with Gasteiger partial charge in [0, 0.05) is 11.1 Å². The number of hydrogen-bond acceptors (Lipinski definition) is 2. The van der Waals surface area contributed by atoms with Crippen molar-refractivity contribution in [1.82, 2.24) is 0 Å². The quantitative estimate of drug-likeness (QED) is 0.560. The van der Waals surface area contributed by atoms with Crippen molar-refractivity contribution in [2.75, 3.05) is 0 Å². The largest absolute Gasteiger partial charge is 0.193 e. The van der Waals surface area contributed by atoms with Crippen LogP contribution >= 0.6 is 0 Å². The van der Waals surface area contributed by atoms with Crippen molar-refractivity contribution in [1.29, 1.82) is 10.5 Å². The van der Waals surface area contributed by atoms with Gasteiger partial charge >= 0.3 is 0 Å². The second-order valence-electron chi connectivity index (χ2n) is 3.64. The van der Waals surface area contributed by atoms with Gasteiger partial charge in [-0.05, 0) is 31.1 Å². The summed E-state index contributed by atoms with van der Waals surface area (Å²) in [7, 11) is 0. The number of allylic oxidation sites excluding steroid dienone is 4. The Labute approximate surface area is 77.8 Å². The lowest BCUT2D eigenvalue weighted by Crippen LogP contribution is -2.20. The van der Waals surface area contributed by atoms with E-state index < -0.39 is 0 Å². The Morgan fingerprint density at radius 3 is 1.85 bits per heavy atom. The summed E-state index contributed by atoms with van der Waals surface area (Å²) in [4.78, 5) is 0. The monoisotopic (exact) mass is 170 g/mol. The van der Waals surface area contributed by atoms with E-state index in [4.69, 9.17) is 10.5 Å². The molecule has 0 spiro atoms. The van der Waals surface area contributed by atoms with Crippen molar-refractivity contribution in [3.8, 4) is 12.1 Å². The predicted octanol–water partition coefficient (Wildman–Crippen LogP) is 2.32. The number of nitrogens with zero attached hydrogens (tertiary/aromatic N) is 2. The smallest absolute Gasteiger partial charge is 0.0946 e. The Bertz CT molecular complexity index is 327. The molecule has 64 valence electrons. The summed E-state index contributed by atoms with van der Waals surface area (Å²) in [6.45, 7) is 0. The lowest BCUT2D eigenvalue weighted by molar-refractivity contribution is 0.417. The van der Waals surface area contributed by atoms with Crippen LogP contribution in [0.1, 0.15) is 19.3 Å². The zero-order valence-corrected chi connectivity index (χ0v) is 7.33. The minimum atomic E-state index is 0.390. The Morgan fingerprint density at radius 1 is 1.00 bits per heavy atom. The molecule has 2 unspecified atom stereocenters. The SMILES string of the molecule is N#CC1=CCC2CC1CC=C2C#N. The molecule has 0 aromatic rings. The zero-order valence-electron chi connectivity index (χ0n) is 7.33. The Balaban J connectivity index is 2.27. The molecule has 0 aromatic heterocycles. The zero-order chi connectivity index (χ0) is 9.26. The molecule has 0 amide bonds. The summed E-state index contributed by atoms with van der Waals surface area (Å²) < 4.78 is 0. The summed E-state index contributed by atoms with van der Waals surface area (Å²) in [5.41, 5.74) is 1.84. The van der Waals surface area contributed by atoms with Gasteiger partial charge in [0.2, 0.25) is 0 Å². The highest BCUT2D eigenvalue weighted by Gasteiger charge is 2.29. The molecule has 13 heavy (non-hydrogen) atoms. The van der Waals surface area contributed by atoms with Gasteiger partial charge in [0.1, 0.15) is 0 Å². The van der Waals surface area contributed by atoms with Crippen LogP contribution in [-0.2, 0) is 0 Å². The Morgan fingerprint density at radius 2 is 1.46 bits per heavy atom. The van der Waals surface area contributed by atoms with Gasteiger partial charge in [-0.3, -0.25) is 0 Å². The first kappa shape index (κ1) is 8.08. The molecular weight excluding hydrogens is 160 g/mol. The first-order valence-electron chi connectivity index (χ1n) is 4.55. The lowest BCUT2D eigenvalue weighted by atomic mass is 9.73. The number of nitriles is 2. The van der Waals surface area contributed by atoms with Crippen LogP contribution in [0, 0.1) is 34.5 Å². The summed E-state index contributed by atoms with van der Waals surface area (Å²) in [5, 5.41) is 17.6. The highest BCUT2D eigenvalue weighted by molar-refractivity contribution is 5.36. The molecule has 0 radical (unpaired) electrons. The lowest BCUT2D eigenvalue weighted by Gasteiger charge is -2.30. The van der Waals surface area contributed by atoms with Gasteiger partial charge in [-0.2, -0.15) is 10.5 Å². The fraction of sp³-hybridized carbons (Fsp3) is 0.455. The molecule has 0 saturated heterocycles. The van der Waals surface area contributed by atoms with Crippen LogP contribution in [0.2, 0.25) is 0 Å². The van der Waals surface area contributed by atoms with Gasteiger partial charge in [-0.25, -0.2) is 0 Å². The van der Waals surface area contributed by atoms with Crippen LogP contribution < -0.4 is 0 Å². The summed E-state index contributed by atoms with van der Waals surface area (Å²) in [6.07, 6.45) is 6.75. The summed E-state index contributed by atoms with van der Waals surface area (Å²) >= 11 is 0. The Hall–Kier alpha value is -1.54. The molecule has 2 aliphatic rings. The van der Waals surface area contributed by atoms with E-state index in [1.807, 2.05) is 12.2 Å². The van der Waals surface area contributed by atoms with Crippen LogP contribution in [0.15, 0.2) is 23.3 Å². The normalized spacial score (nSPS) is 30.9. The van der Waals surface area contributed by atoms with Crippen LogP contribution in [0.4, 0.5) is 0 Å². The summed E-state index contributed by atoms with van der Waals surface area (Å²) in [5.74, 6) is 0.779. The highest BCUT2D eigenvalue weighted by Crippen LogP contribution is 2.39. The molecule has 0 saturated carbocycles. The first-order chi connectivity index (χ1) is 6.35. The van der Waals surface area contributed by atoms with Gasteiger partial charge in [0.25, 0.3) is 0 Å². The molecule has 0 N–H and O–H groups in total. The van der Waals surface area contributed by atoms with Crippen molar-refractivity contribution in [2.24, 2.45) is 11.8 Å². The molecule has 2 rings (SSSR count). The Kier molecular flexibility index (Phi) is 1.91. The van der Waals surface area contributed by atoms with E-state index in [1.165, 1.54) is 0 Å². The number of hydrogen-bond donors (Lipinski definition) is 0. The molecule has 0 aromatic carbocycles. The molecule has 2 nitrogen and oxygen atoms in total. The van der Waals surface area contributed by atoms with Crippen LogP contribution in [0.3, 0.4) is 0 Å². The molecule has 2 atom stereocenters. The number of fused-ring (bicyclic) bond motifs is 2. The van der Waals surface area contributed by atoms with Crippen molar-refractivity contribution < 1.29 is 0 Å².